The minimum absolute atomic E-state index is 0.0403. The molecule has 5 aliphatic rings. The SMILES string of the molecule is CC(=O)NC1[C@H](O[C@H]2CC([C@H](C)CCC[C@@H](C)COC(C)=O)[C@@]3(C)CCC4[C@@H](CC[C@H]5C[C@H](O)CC[C@]45C)C23)OC(CO)[C@@H](O)[C@@H]1O. The Morgan fingerprint density at radius 1 is 0.957 bits per heavy atom. The third-order valence-corrected chi connectivity index (χ3v) is 13.8. The average Bonchev–Trinajstić information content (AvgIpc) is 3.31. The number of carbonyl (C=O) groups excluding carboxylic acids is 2. The van der Waals surface area contributed by atoms with E-state index in [0.29, 0.717) is 42.1 Å². The van der Waals surface area contributed by atoms with Crippen molar-refractivity contribution in [3.8, 4) is 0 Å². The van der Waals surface area contributed by atoms with Gasteiger partial charge in [-0.1, -0.05) is 40.5 Å². The van der Waals surface area contributed by atoms with E-state index in [9.17, 15) is 30.0 Å². The first-order valence-corrected chi connectivity index (χ1v) is 18.6. The molecule has 0 bridgehead atoms. The Kier molecular flexibility index (Phi) is 11.7. The smallest absolute Gasteiger partial charge is 0.302 e. The van der Waals surface area contributed by atoms with E-state index in [1.54, 1.807) is 0 Å². The number of rotatable bonds is 11. The number of fused-ring (bicyclic) bond motifs is 5. The Bertz CT molecular complexity index is 1090. The molecule has 4 saturated carbocycles. The van der Waals surface area contributed by atoms with Gasteiger partial charge in [0.2, 0.25) is 5.91 Å². The number of aliphatic hydroxyl groups excluding tert-OH is 4. The van der Waals surface area contributed by atoms with Gasteiger partial charge in [0.15, 0.2) is 6.29 Å². The van der Waals surface area contributed by atoms with E-state index in [-0.39, 0.29) is 40.8 Å². The van der Waals surface area contributed by atoms with Crippen LogP contribution >= 0.6 is 0 Å². The molecule has 5 N–H and O–H groups in total. The lowest BCUT2D eigenvalue weighted by Crippen LogP contribution is -2.65. The monoisotopic (exact) mass is 665 g/mol. The normalized spacial score (nSPS) is 46.0. The van der Waals surface area contributed by atoms with Gasteiger partial charge in [-0.25, -0.2) is 0 Å². The molecule has 0 spiro atoms. The van der Waals surface area contributed by atoms with Gasteiger partial charge in [0.25, 0.3) is 0 Å². The zero-order valence-electron chi connectivity index (χ0n) is 29.6. The summed E-state index contributed by atoms with van der Waals surface area (Å²) in [5, 5.41) is 45.0. The molecule has 10 nitrogen and oxygen atoms in total. The lowest BCUT2D eigenvalue weighted by Gasteiger charge is -2.61. The maximum Gasteiger partial charge on any atom is 0.302 e. The van der Waals surface area contributed by atoms with Crippen LogP contribution in [-0.2, 0) is 23.8 Å². The Labute approximate surface area is 281 Å². The average molecular weight is 666 g/mol. The van der Waals surface area contributed by atoms with Gasteiger partial charge in [-0.15, -0.1) is 0 Å². The van der Waals surface area contributed by atoms with Crippen LogP contribution in [0.25, 0.3) is 0 Å². The molecule has 16 atom stereocenters. The van der Waals surface area contributed by atoms with Gasteiger partial charge >= 0.3 is 5.97 Å². The molecule has 1 saturated heterocycles. The van der Waals surface area contributed by atoms with Crippen molar-refractivity contribution < 1.29 is 44.2 Å². The second-order valence-corrected chi connectivity index (χ2v) is 16.8. The number of carbonyl (C=O) groups is 2. The first kappa shape index (κ1) is 37.0. The van der Waals surface area contributed by atoms with Crippen molar-refractivity contribution in [2.75, 3.05) is 13.2 Å². The Balaban J connectivity index is 1.40. The van der Waals surface area contributed by atoms with Crippen LogP contribution in [0.15, 0.2) is 0 Å². The van der Waals surface area contributed by atoms with E-state index in [1.807, 2.05) is 0 Å². The molecule has 5 rings (SSSR count). The van der Waals surface area contributed by atoms with Gasteiger partial charge in [0.1, 0.15) is 24.4 Å². The van der Waals surface area contributed by atoms with E-state index >= 15 is 0 Å². The molecule has 0 aromatic heterocycles. The number of amides is 1. The van der Waals surface area contributed by atoms with Crippen LogP contribution in [0.5, 0.6) is 0 Å². The van der Waals surface area contributed by atoms with Crippen molar-refractivity contribution in [1.82, 2.24) is 5.32 Å². The number of hydrogen-bond acceptors (Lipinski definition) is 9. The highest BCUT2D eigenvalue weighted by atomic mass is 16.7. The fourth-order valence-electron chi connectivity index (χ4n) is 11.4. The van der Waals surface area contributed by atoms with Gasteiger partial charge < -0.3 is 40.0 Å². The maximum absolute atomic E-state index is 12.2. The minimum Gasteiger partial charge on any atom is -0.466 e. The zero-order chi connectivity index (χ0) is 34.3. The summed E-state index contributed by atoms with van der Waals surface area (Å²) in [5.41, 5.74) is 0.233. The van der Waals surface area contributed by atoms with E-state index in [1.165, 1.54) is 20.3 Å². The predicted molar refractivity (Wildman–Crippen MR) is 176 cm³/mol. The Morgan fingerprint density at radius 2 is 1.68 bits per heavy atom. The third-order valence-electron chi connectivity index (χ3n) is 13.8. The first-order chi connectivity index (χ1) is 22.2. The molecule has 270 valence electrons. The summed E-state index contributed by atoms with van der Waals surface area (Å²) in [6, 6.07) is -0.959. The minimum atomic E-state index is -1.35. The molecule has 1 heterocycles. The van der Waals surface area contributed by atoms with Gasteiger partial charge in [-0.05, 0) is 110 Å². The Morgan fingerprint density at radius 3 is 2.36 bits per heavy atom. The van der Waals surface area contributed by atoms with Crippen LogP contribution < -0.4 is 5.32 Å². The highest BCUT2D eigenvalue weighted by Gasteiger charge is 2.64. The topological polar surface area (TPSA) is 155 Å². The molecule has 10 heteroatoms. The van der Waals surface area contributed by atoms with Crippen LogP contribution in [0.1, 0.15) is 112 Å². The quantitative estimate of drug-likeness (QED) is 0.206. The summed E-state index contributed by atoms with van der Waals surface area (Å²) in [5.74, 6) is 2.38. The van der Waals surface area contributed by atoms with Crippen LogP contribution in [0, 0.1) is 52.3 Å². The van der Waals surface area contributed by atoms with E-state index in [4.69, 9.17) is 14.2 Å². The number of ether oxygens (including phenoxy) is 3. The summed E-state index contributed by atoms with van der Waals surface area (Å²) in [6.45, 7) is 12.3. The third kappa shape index (κ3) is 7.43. The number of esters is 1. The first-order valence-electron chi connectivity index (χ1n) is 18.6. The van der Waals surface area contributed by atoms with Gasteiger partial charge in [0.05, 0.1) is 25.4 Å². The summed E-state index contributed by atoms with van der Waals surface area (Å²) in [6.07, 6.45) is 6.23. The highest BCUT2D eigenvalue weighted by Crippen LogP contribution is 2.69. The number of hydrogen-bond donors (Lipinski definition) is 5. The molecule has 4 aliphatic carbocycles. The standard InChI is InChI=1S/C37H63NO9/c1-20(19-45-23(4)41)8-7-9-21(2)28-17-29(46-35-32(38-22(3)40)34(44)33(43)30(18-39)47-35)31-26-11-10-24-16-25(42)12-14-36(24,5)27(26)13-15-37(28,31)6/h20-21,24-35,39,42-44H,7-19H2,1-6H3,(H,38,40)/t20-,21-,24+,25-,26-,27?,28?,29+,30?,31?,32?,33-,34-,35-,36+,37-/m1/s1. The highest BCUT2D eigenvalue weighted by molar-refractivity contribution is 5.73. The van der Waals surface area contributed by atoms with Crippen LogP contribution in [0.4, 0.5) is 0 Å². The number of nitrogens with one attached hydrogen (secondary N) is 1. The van der Waals surface area contributed by atoms with Crippen molar-refractivity contribution in [3.05, 3.63) is 0 Å². The summed E-state index contributed by atoms with van der Waals surface area (Å²) in [4.78, 5) is 23.5. The molecule has 47 heavy (non-hydrogen) atoms. The summed E-state index contributed by atoms with van der Waals surface area (Å²) >= 11 is 0. The van der Waals surface area contributed by atoms with Crippen molar-refractivity contribution >= 4 is 11.9 Å². The molecule has 1 amide bonds. The second kappa shape index (κ2) is 14.9. The fraction of sp³-hybridized carbons (Fsp3) is 0.946. The van der Waals surface area contributed by atoms with Gasteiger partial charge in [0, 0.05) is 13.8 Å². The van der Waals surface area contributed by atoms with E-state index in [2.05, 4.69) is 33.0 Å². The molecule has 5 fully saturated rings. The molecule has 0 radical (unpaired) electrons. The lowest BCUT2D eigenvalue weighted by molar-refractivity contribution is -0.290. The predicted octanol–water partition coefficient (Wildman–Crippen LogP) is 3.95. The van der Waals surface area contributed by atoms with Crippen LogP contribution in [0.2, 0.25) is 0 Å². The van der Waals surface area contributed by atoms with Gasteiger partial charge in [-0.3, -0.25) is 9.59 Å². The summed E-state index contributed by atoms with van der Waals surface area (Å²) < 4.78 is 18.3. The fourth-order valence-corrected chi connectivity index (χ4v) is 11.4. The lowest BCUT2D eigenvalue weighted by atomic mass is 9.44. The largest absolute Gasteiger partial charge is 0.466 e. The van der Waals surface area contributed by atoms with E-state index < -0.39 is 37.3 Å². The molecule has 5 unspecified atom stereocenters. The van der Waals surface area contributed by atoms with Crippen molar-refractivity contribution in [1.29, 1.82) is 0 Å². The van der Waals surface area contributed by atoms with Crippen LogP contribution in [-0.4, -0.2) is 88.4 Å². The van der Waals surface area contributed by atoms with Crippen molar-refractivity contribution in [2.24, 2.45) is 52.3 Å². The molecular formula is C37H63NO9. The van der Waals surface area contributed by atoms with E-state index in [0.717, 1.165) is 64.2 Å². The zero-order valence-corrected chi connectivity index (χ0v) is 29.6. The summed E-state index contributed by atoms with van der Waals surface area (Å²) in [7, 11) is 0. The maximum atomic E-state index is 12.2. The molecular weight excluding hydrogens is 602 g/mol. The molecule has 0 aromatic rings. The van der Waals surface area contributed by atoms with Crippen LogP contribution in [0.3, 0.4) is 0 Å². The molecule has 1 aliphatic heterocycles. The van der Waals surface area contributed by atoms with Gasteiger partial charge in [-0.2, -0.15) is 0 Å². The molecule has 0 aromatic carbocycles. The number of aliphatic hydroxyl groups is 4. The second-order valence-electron chi connectivity index (χ2n) is 16.8. The van der Waals surface area contributed by atoms with Crippen molar-refractivity contribution in [2.45, 2.75) is 155 Å². The Hall–Kier alpha value is -1.30. The van der Waals surface area contributed by atoms with Crippen molar-refractivity contribution in [3.63, 3.8) is 0 Å².